The zero-order valence-corrected chi connectivity index (χ0v) is 50.4. The summed E-state index contributed by atoms with van der Waals surface area (Å²) in [6, 6.07) is 0. The average molecular weight is 987 g/mol. The molecule has 0 aromatic carbocycles. The first-order valence-electron chi connectivity index (χ1n) is 34.5. The number of hydrogen-bond donors (Lipinski definition) is 1. The molecule has 2 N–H and O–H groups in total. The van der Waals surface area contributed by atoms with Crippen LogP contribution >= 0.6 is 0 Å². The van der Waals surface area contributed by atoms with Crippen LogP contribution in [-0.4, -0.2) is 6.54 Å². The van der Waals surface area contributed by atoms with Crippen LogP contribution < -0.4 is 5.73 Å². The van der Waals surface area contributed by atoms with Crippen molar-refractivity contribution in [2.24, 2.45) is 11.7 Å². The molecule has 70 heavy (non-hydrogen) atoms. The number of hydrogen-bond acceptors (Lipinski definition) is 1. The van der Waals surface area contributed by atoms with Crippen LogP contribution in [0.3, 0.4) is 0 Å². The van der Waals surface area contributed by atoms with Crippen molar-refractivity contribution >= 4 is 0 Å². The van der Waals surface area contributed by atoms with Crippen LogP contribution in [0.5, 0.6) is 0 Å². The predicted octanol–water partition coefficient (Wildman–Crippen LogP) is 26.2. The standard InChI is InChI=1S/C40H82.C21H44.C8H17N/c1-3-5-7-9-11-13-15-17-19-21-23-25-27-29-31-33-35-37-39-40-38-36-34-32-30-28-26-24-22-20-18-16-14-12-10-8-6-4-2;1-3-5-7-9-11-13-15-17-19-21-20-18-16-14-12-10-8-6-4-2;9-7-3-6-8-4-1-2-5-8/h3-40H2,1-2H3;3-21H2,1-2H3;8H,1-7,9H2. The predicted molar refractivity (Wildman–Crippen MR) is 326 cm³/mol. The molecule has 0 aromatic rings. The second-order valence-electron chi connectivity index (χ2n) is 23.8. The molecule has 0 amide bonds. The number of rotatable bonds is 58. The molecule has 0 aliphatic heterocycles. The first kappa shape index (κ1) is 72.0. The maximum atomic E-state index is 5.41. The quantitative estimate of drug-likeness (QED) is 0.0604. The molecule has 0 heterocycles. The highest BCUT2D eigenvalue weighted by Gasteiger charge is 2.13. The molecule has 1 aliphatic rings. The van der Waals surface area contributed by atoms with E-state index in [1.807, 2.05) is 0 Å². The van der Waals surface area contributed by atoms with Gasteiger partial charge in [0, 0.05) is 0 Å². The Kier molecular flexibility index (Phi) is 73.1. The Balaban J connectivity index is 0. The summed E-state index contributed by atoms with van der Waals surface area (Å²) < 4.78 is 0. The SMILES string of the molecule is CCCCCCCCCCCCCCCCCCCCC.CCCCCCCCCCCCCCCCCCCCCCCCCCCCCCCCCCCCCCCC.NCCCC1CCCC1. The summed E-state index contributed by atoms with van der Waals surface area (Å²) in [4.78, 5) is 0. The van der Waals surface area contributed by atoms with Gasteiger partial charge in [-0.25, -0.2) is 0 Å². The number of nitrogens with two attached hydrogens (primary N) is 1. The zero-order chi connectivity index (χ0) is 50.8. The smallest absolute Gasteiger partial charge is 0.00772 e. The van der Waals surface area contributed by atoms with Crippen LogP contribution in [0.2, 0.25) is 0 Å². The second kappa shape index (κ2) is 71.0. The van der Waals surface area contributed by atoms with Crippen LogP contribution in [0.4, 0.5) is 0 Å². The van der Waals surface area contributed by atoms with Crippen LogP contribution in [0, 0.1) is 5.92 Å². The van der Waals surface area contributed by atoms with Crippen molar-refractivity contribution < 1.29 is 0 Å². The van der Waals surface area contributed by atoms with Crippen molar-refractivity contribution in [3.8, 4) is 0 Å². The Morgan fingerprint density at radius 1 is 0.200 bits per heavy atom. The minimum atomic E-state index is 0.885. The Morgan fingerprint density at radius 2 is 0.329 bits per heavy atom. The van der Waals surface area contributed by atoms with Gasteiger partial charge in [0.05, 0.1) is 0 Å². The summed E-state index contributed by atoms with van der Waals surface area (Å²) in [7, 11) is 0. The molecule has 0 saturated heterocycles. The van der Waals surface area contributed by atoms with Gasteiger partial charge in [0.15, 0.2) is 0 Å². The highest BCUT2D eigenvalue weighted by atomic mass is 14.5. The van der Waals surface area contributed by atoms with Gasteiger partial charge in [0.25, 0.3) is 0 Å². The van der Waals surface area contributed by atoms with E-state index in [-0.39, 0.29) is 0 Å². The Morgan fingerprint density at radius 3 is 0.443 bits per heavy atom. The normalized spacial score (nSPS) is 12.6. The Hall–Kier alpha value is -0.0400. The van der Waals surface area contributed by atoms with Crippen molar-refractivity contribution in [2.45, 2.75) is 432 Å². The Bertz CT molecular complexity index is 758. The topological polar surface area (TPSA) is 26.0 Å². The van der Waals surface area contributed by atoms with E-state index in [0.717, 1.165) is 12.5 Å². The van der Waals surface area contributed by atoms with Gasteiger partial charge < -0.3 is 5.73 Å². The first-order chi connectivity index (χ1) is 34.8. The highest BCUT2D eigenvalue weighted by molar-refractivity contribution is 4.67. The van der Waals surface area contributed by atoms with Crippen molar-refractivity contribution in [3.05, 3.63) is 0 Å². The van der Waals surface area contributed by atoms with E-state index in [2.05, 4.69) is 27.7 Å². The van der Waals surface area contributed by atoms with Crippen molar-refractivity contribution in [1.82, 2.24) is 0 Å². The van der Waals surface area contributed by atoms with E-state index < -0.39 is 0 Å². The molecule has 1 nitrogen and oxygen atoms in total. The largest absolute Gasteiger partial charge is 0.330 e. The second-order valence-corrected chi connectivity index (χ2v) is 23.8. The van der Waals surface area contributed by atoms with Gasteiger partial charge in [-0.15, -0.1) is 0 Å². The minimum Gasteiger partial charge on any atom is -0.330 e. The van der Waals surface area contributed by atoms with Crippen molar-refractivity contribution in [3.63, 3.8) is 0 Å². The molecule has 0 unspecified atom stereocenters. The Labute approximate surface area is 448 Å². The average Bonchev–Trinajstić information content (AvgIpc) is 3.91. The summed E-state index contributed by atoms with van der Waals surface area (Å²) in [6.07, 6.45) is 92.8. The maximum absolute atomic E-state index is 5.41. The molecule has 0 bridgehead atoms. The minimum absolute atomic E-state index is 0.885. The first-order valence-corrected chi connectivity index (χ1v) is 34.5. The third-order valence-electron chi connectivity index (χ3n) is 16.5. The molecule has 0 radical (unpaired) electrons. The van der Waals surface area contributed by atoms with Gasteiger partial charge in [-0.2, -0.15) is 0 Å². The zero-order valence-electron chi connectivity index (χ0n) is 50.4. The molecular formula is C69H143N. The van der Waals surface area contributed by atoms with E-state index in [9.17, 15) is 0 Å². The monoisotopic (exact) mass is 986 g/mol. The fraction of sp³-hybridized carbons (Fsp3) is 1.00. The lowest BCUT2D eigenvalue weighted by Gasteiger charge is -2.05. The molecule has 0 atom stereocenters. The molecule has 1 aliphatic carbocycles. The number of unbranched alkanes of at least 4 members (excludes halogenated alkanes) is 55. The summed E-state index contributed by atoms with van der Waals surface area (Å²) in [5.41, 5.74) is 5.41. The molecule has 0 aromatic heterocycles. The molecule has 1 saturated carbocycles. The van der Waals surface area contributed by atoms with Crippen molar-refractivity contribution in [1.29, 1.82) is 0 Å². The highest BCUT2D eigenvalue weighted by Crippen LogP contribution is 2.28. The third kappa shape index (κ3) is 70.0. The maximum Gasteiger partial charge on any atom is -0.00772 e. The molecule has 1 heteroatoms. The molecular weight excluding hydrogens is 843 g/mol. The van der Waals surface area contributed by atoms with E-state index in [0.29, 0.717) is 0 Å². The summed E-state index contributed by atoms with van der Waals surface area (Å²) in [6.45, 7) is 10.1. The van der Waals surface area contributed by atoms with E-state index in [1.165, 1.54) is 405 Å². The molecule has 424 valence electrons. The molecule has 1 rings (SSSR count). The van der Waals surface area contributed by atoms with Gasteiger partial charge >= 0.3 is 0 Å². The van der Waals surface area contributed by atoms with Crippen LogP contribution in [0.15, 0.2) is 0 Å². The fourth-order valence-corrected chi connectivity index (χ4v) is 11.4. The lowest BCUT2D eigenvalue weighted by atomic mass is 10.0. The summed E-state index contributed by atoms with van der Waals surface area (Å²) >= 11 is 0. The van der Waals surface area contributed by atoms with Crippen LogP contribution in [0.25, 0.3) is 0 Å². The van der Waals surface area contributed by atoms with Gasteiger partial charge in [0.2, 0.25) is 0 Å². The van der Waals surface area contributed by atoms with Gasteiger partial charge in [-0.05, 0) is 25.3 Å². The summed E-state index contributed by atoms with van der Waals surface area (Å²) in [5.74, 6) is 1.04. The van der Waals surface area contributed by atoms with Gasteiger partial charge in [-0.1, -0.05) is 419 Å². The lowest BCUT2D eigenvalue weighted by molar-refractivity contribution is 0.488. The third-order valence-corrected chi connectivity index (χ3v) is 16.5. The van der Waals surface area contributed by atoms with Crippen LogP contribution in [0.1, 0.15) is 432 Å². The van der Waals surface area contributed by atoms with Gasteiger partial charge in [0.1, 0.15) is 0 Å². The van der Waals surface area contributed by atoms with E-state index >= 15 is 0 Å². The van der Waals surface area contributed by atoms with Crippen molar-refractivity contribution in [2.75, 3.05) is 6.54 Å². The summed E-state index contributed by atoms with van der Waals surface area (Å²) in [5, 5.41) is 0. The molecule has 1 fully saturated rings. The molecule has 0 spiro atoms. The van der Waals surface area contributed by atoms with E-state index in [4.69, 9.17) is 5.73 Å². The van der Waals surface area contributed by atoms with Crippen LogP contribution in [-0.2, 0) is 0 Å². The fourth-order valence-electron chi connectivity index (χ4n) is 11.4. The van der Waals surface area contributed by atoms with Gasteiger partial charge in [-0.3, -0.25) is 0 Å². The van der Waals surface area contributed by atoms with E-state index in [1.54, 1.807) is 0 Å². The lowest BCUT2D eigenvalue weighted by Crippen LogP contribution is -2.01.